The number of allylic oxidation sites excluding steroid dienone is 1. The van der Waals surface area contributed by atoms with Crippen LogP contribution in [0.2, 0.25) is 0 Å². The number of benzene rings is 1. The van der Waals surface area contributed by atoms with Crippen molar-refractivity contribution in [2.75, 3.05) is 26.8 Å². The van der Waals surface area contributed by atoms with Gasteiger partial charge in [0.2, 0.25) is 0 Å². The maximum Gasteiger partial charge on any atom is 0.159 e. The van der Waals surface area contributed by atoms with Crippen LogP contribution in [-0.4, -0.2) is 89.6 Å². The van der Waals surface area contributed by atoms with Crippen LogP contribution in [0.15, 0.2) is 42.0 Å². The molecule has 8 heteroatoms. The fourth-order valence-electron chi connectivity index (χ4n) is 12.8. The molecule has 4 aliphatic carbocycles. The third-order valence-corrected chi connectivity index (χ3v) is 15.9. The molecule has 4 N–H and O–H groups in total. The van der Waals surface area contributed by atoms with Crippen molar-refractivity contribution in [1.82, 2.24) is 5.32 Å². The van der Waals surface area contributed by atoms with E-state index in [9.17, 15) is 20.1 Å². The third kappa shape index (κ3) is 5.73. The Morgan fingerprint density at radius 3 is 2.55 bits per heavy atom. The van der Waals surface area contributed by atoms with Crippen molar-refractivity contribution in [2.45, 2.75) is 127 Å². The van der Waals surface area contributed by atoms with Gasteiger partial charge in [0.1, 0.15) is 18.8 Å². The summed E-state index contributed by atoms with van der Waals surface area (Å²) in [5.74, 6) is 12.9. The van der Waals surface area contributed by atoms with Crippen molar-refractivity contribution < 1.29 is 34.3 Å². The van der Waals surface area contributed by atoms with E-state index in [4.69, 9.17) is 14.2 Å². The zero-order chi connectivity index (χ0) is 37.3. The zero-order valence-corrected chi connectivity index (χ0v) is 32.1. The number of hydrogen-bond acceptors (Lipinski definition) is 8. The first kappa shape index (κ1) is 37.4. The van der Waals surface area contributed by atoms with Gasteiger partial charge in [-0.1, -0.05) is 68.9 Å². The first-order valence-corrected chi connectivity index (χ1v) is 20.3. The molecule has 10 rings (SSSR count). The second-order valence-electron chi connectivity index (χ2n) is 18.2. The van der Waals surface area contributed by atoms with Gasteiger partial charge in [0.25, 0.3) is 0 Å². The molecule has 5 aliphatic heterocycles. The number of fused-ring (bicyclic) bond motifs is 4. The lowest BCUT2D eigenvalue weighted by molar-refractivity contribution is -0.219. The van der Waals surface area contributed by atoms with Gasteiger partial charge >= 0.3 is 0 Å². The molecule has 1 saturated heterocycles. The Kier molecular flexibility index (Phi) is 9.80. The van der Waals surface area contributed by atoms with Gasteiger partial charge in [-0.05, 0) is 118 Å². The van der Waals surface area contributed by atoms with Crippen LogP contribution in [0.1, 0.15) is 90.5 Å². The van der Waals surface area contributed by atoms with Crippen LogP contribution in [-0.2, 0) is 19.0 Å². The van der Waals surface area contributed by atoms with E-state index in [1.54, 1.807) is 6.92 Å². The Bertz CT molecular complexity index is 1720. The molecule has 9 aliphatic rings. The number of aliphatic hydroxyl groups is 3. The molecule has 53 heavy (non-hydrogen) atoms. The largest absolute Gasteiger partial charge is 0.387 e. The van der Waals surface area contributed by atoms with Gasteiger partial charge in [-0.2, -0.15) is 0 Å². The summed E-state index contributed by atoms with van der Waals surface area (Å²) in [6.07, 6.45) is 4.10. The number of aliphatic hydroxyl groups excluding tert-OH is 2. The monoisotopic (exact) mass is 725 g/mol. The summed E-state index contributed by atoms with van der Waals surface area (Å²) in [5, 5.41) is 40.1. The molecule has 0 aromatic heterocycles. The average molecular weight is 726 g/mol. The number of hydrogen-bond donors (Lipinski definition) is 4. The van der Waals surface area contributed by atoms with Crippen molar-refractivity contribution >= 4 is 5.78 Å². The number of carbonyl (C=O) groups excluding carboxylic acids is 1. The molecule has 0 unspecified atom stereocenters. The molecule has 4 fully saturated rings. The summed E-state index contributed by atoms with van der Waals surface area (Å²) in [6.45, 7) is 9.73. The second-order valence-corrected chi connectivity index (χ2v) is 18.2. The Morgan fingerprint density at radius 1 is 0.981 bits per heavy atom. The van der Waals surface area contributed by atoms with E-state index < -0.39 is 41.0 Å². The average Bonchev–Trinajstić information content (AvgIpc) is 3.65. The molecule has 286 valence electrons. The quantitative estimate of drug-likeness (QED) is 0.327. The first-order valence-electron chi connectivity index (χ1n) is 20.3. The van der Waals surface area contributed by atoms with Gasteiger partial charge in [0.05, 0.1) is 42.0 Å². The number of rotatable bonds is 4. The van der Waals surface area contributed by atoms with Crippen LogP contribution in [0.5, 0.6) is 0 Å². The number of carbonyl (C=O) groups is 1. The van der Waals surface area contributed by atoms with E-state index in [1.807, 2.05) is 31.3 Å². The number of ether oxygens (including phenoxy) is 3. The molecule has 8 bridgehead atoms. The van der Waals surface area contributed by atoms with Crippen molar-refractivity contribution in [2.24, 2.45) is 46.3 Å². The molecule has 3 saturated carbocycles. The lowest BCUT2D eigenvalue weighted by Gasteiger charge is -2.64. The van der Waals surface area contributed by atoms with Crippen LogP contribution in [0.4, 0.5) is 0 Å². The molecule has 1 spiro atoms. The lowest BCUT2D eigenvalue weighted by atomic mass is 9.42. The van der Waals surface area contributed by atoms with Crippen molar-refractivity contribution in [1.29, 1.82) is 0 Å². The predicted molar refractivity (Wildman–Crippen MR) is 201 cm³/mol. The van der Waals surface area contributed by atoms with Gasteiger partial charge in [0, 0.05) is 17.8 Å². The molecule has 0 radical (unpaired) electrons. The van der Waals surface area contributed by atoms with Gasteiger partial charge < -0.3 is 34.8 Å². The fraction of sp³-hybridized carbons (Fsp3) is 0.711. The second kappa shape index (κ2) is 13.9. The SMILES string of the molecule is CNCC[C@@H]1[C@@H](C)[C@H]2O[C@@H]1[C@@H](O)[C@@](C)(O)[C@H]1CC[C@@]34OCC#C[C@@H](c5ccccc5)CO[C@H]5CC[C@@]6(C)[C@@H](C5)C(=O)C=C3[C@@H]6C[C@@H](CC#C[C@H]2O)[C@]14C. The molecule has 8 nitrogen and oxygen atoms in total. The summed E-state index contributed by atoms with van der Waals surface area (Å²) in [5.41, 5.74) is -1.33. The van der Waals surface area contributed by atoms with E-state index in [2.05, 4.69) is 61.9 Å². The van der Waals surface area contributed by atoms with Crippen molar-refractivity contribution in [3.63, 3.8) is 0 Å². The van der Waals surface area contributed by atoms with Crippen molar-refractivity contribution in [3.05, 3.63) is 47.5 Å². The summed E-state index contributed by atoms with van der Waals surface area (Å²) < 4.78 is 20.4. The maximum atomic E-state index is 14.5. The van der Waals surface area contributed by atoms with Crippen LogP contribution < -0.4 is 5.32 Å². The van der Waals surface area contributed by atoms with Crippen LogP contribution in [0.25, 0.3) is 0 Å². The Hall–Kier alpha value is -2.53. The Labute approximate surface area is 315 Å². The smallest absolute Gasteiger partial charge is 0.159 e. The highest BCUT2D eigenvalue weighted by Gasteiger charge is 2.73. The molecule has 5 heterocycles. The van der Waals surface area contributed by atoms with Crippen LogP contribution in [0.3, 0.4) is 0 Å². The minimum atomic E-state index is -1.56. The summed E-state index contributed by atoms with van der Waals surface area (Å²) in [7, 11) is 1.91. The molecule has 1 aromatic rings. The van der Waals surface area contributed by atoms with E-state index in [-0.39, 0.29) is 65.3 Å². The predicted octanol–water partition coefficient (Wildman–Crippen LogP) is 4.80. The Morgan fingerprint density at radius 2 is 1.77 bits per heavy atom. The molecule has 0 amide bonds. The fourth-order valence-corrected chi connectivity index (χ4v) is 12.8. The topological polar surface area (TPSA) is 117 Å². The highest BCUT2D eigenvalue weighted by atomic mass is 16.5. The van der Waals surface area contributed by atoms with Gasteiger partial charge in [-0.3, -0.25) is 4.79 Å². The minimum absolute atomic E-state index is 0.0138. The number of ketones is 1. The van der Waals surface area contributed by atoms with Gasteiger partial charge in [-0.25, -0.2) is 0 Å². The van der Waals surface area contributed by atoms with Crippen LogP contribution >= 0.6 is 0 Å². The van der Waals surface area contributed by atoms with E-state index in [0.717, 1.165) is 43.4 Å². The minimum Gasteiger partial charge on any atom is -0.387 e. The first-order chi connectivity index (χ1) is 25.4. The molecular weight excluding hydrogens is 666 g/mol. The van der Waals surface area contributed by atoms with E-state index in [0.29, 0.717) is 32.3 Å². The maximum absolute atomic E-state index is 14.5. The summed E-state index contributed by atoms with van der Waals surface area (Å²) in [6, 6.07) is 10.3. The van der Waals surface area contributed by atoms with Gasteiger partial charge in [0.15, 0.2) is 5.78 Å². The van der Waals surface area contributed by atoms with E-state index >= 15 is 0 Å². The molecule has 16 atom stereocenters. The summed E-state index contributed by atoms with van der Waals surface area (Å²) >= 11 is 0. The Balaban J connectivity index is 1.27. The van der Waals surface area contributed by atoms with Crippen molar-refractivity contribution in [3.8, 4) is 23.7 Å². The lowest BCUT2D eigenvalue weighted by Crippen LogP contribution is -2.66. The molecular formula is C45H59NO7. The molecule has 1 aromatic carbocycles. The zero-order valence-electron chi connectivity index (χ0n) is 32.1. The normalized spacial score (nSPS) is 48.9. The van der Waals surface area contributed by atoms with E-state index in [1.165, 1.54) is 0 Å². The third-order valence-electron chi connectivity index (χ3n) is 15.9. The standard InChI is InChI=1S/C45H59NO7/c1-27-32(18-21-46-5)40-41(49)44(4,50)38-17-20-45-34-25-37(48)35-24-31(51-26-29(13-10-22-52-45)28-11-7-6-8-12-28)16-19-42(35,2)33(34)23-30(43(38,45)3)14-9-15-36(47)39(27)53-40/h6-8,11-12,25,27,29-33,35-36,38-41,46-47,49-50H,14,16-24,26H2,1-5H3/t27-,29-,30-,31+,32-,33+,35+,36-,38+,39-,40+,41-,42-,43-,44+,45-/m1/s1. The highest BCUT2D eigenvalue weighted by Crippen LogP contribution is 2.72. The van der Waals surface area contributed by atoms with Gasteiger partial charge in [-0.15, -0.1) is 5.92 Å². The number of nitrogens with one attached hydrogen (secondary N) is 1. The highest BCUT2D eigenvalue weighted by molar-refractivity contribution is 5.95. The summed E-state index contributed by atoms with van der Waals surface area (Å²) in [4.78, 5) is 14.5. The van der Waals surface area contributed by atoms with Crippen LogP contribution in [0, 0.1) is 70.0 Å².